The molecule has 1 fully saturated rings. The first-order valence-corrected chi connectivity index (χ1v) is 6.07. The normalized spacial score (nSPS) is 16.0. The minimum absolute atomic E-state index is 0.0343. The highest BCUT2D eigenvalue weighted by Gasteiger charge is 2.23. The average Bonchev–Trinajstić information content (AvgIpc) is 2.34. The van der Waals surface area contributed by atoms with E-state index < -0.39 is 5.82 Å². The van der Waals surface area contributed by atoms with E-state index >= 15 is 0 Å². The fourth-order valence-electron chi connectivity index (χ4n) is 1.95. The number of hydrogen-bond acceptors (Lipinski definition) is 4. The molecule has 1 aliphatic rings. The quantitative estimate of drug-likeness (QED) is 0.722. The van der Waals surface area contributed by atoms with Gasteiger partial charge in [0.05, 0.1) is 0 Å². The van der Waals surface area contributed by atoms with Crippen molar-refractivity contribution >= 4 is 23.3 Å². The molecule has 0 atom stereocenters. The van der Waals surface area contributed by atoms with E-state index in [1.54, 1.807) is 16.7 Å². The fraction of sp³-hybridized carbons (Fsp3) is 0.545. The zero-order valence-corrected chi connectivity index (χ0v) is 11.0. The third-order valence-electron chi connectivity index (χ3n) is 2.93. The van der Waals surface area contributed by atoms with Crippen LogP contribution >= 0.6 is 11.6 Å². The van der Waals surface area contributed by atoms with Crippen LogP contribution in [0.4, 0.5) is 10.2 Å². The molecule has 1 aliphatic heterocycles. The van der Waals surface area contributed by atoms with E-state index in [0.717, 1.165) is 0 Å². The lowest BCUT2D eigenvalue weighted by Crippen LogP contribution is -2.48. The van der Waals surface area contributed by atoms with Gasteiger partial charge in [0, 0.05) is 33.1 Å². The summed E-state index contributed by atoms with van der Waals surface area (Å²) in [5, 5.41) is -0.161. The highest BCUT2D eigenvalue weighted by molar-refractivity contribution is 6.29. The molecule has 18 heavy (non-hydrogen) atoms. The number of carbonyl (C=O) groups excluding carboxylic acids is 1. The Kier molecular flexibility index (Phi) is 3.65. The average molecular weight is 273 g/mol. The van der Waals surface area contributed by atoms with Crippen LogP contribution in [0.3, 0.4) is 0 Å². The maximum absolute atomic E-state index is 13.8. The summed E-state index contributed by atoms with van der Waals surface area (Å²) in [4.78, 5) is 22.6. The van der Waals surface area contributed by atoms with Crippen molar-refractivity contribution in [2.24, 2.45) is 0 Å². The number of amides is 1. The molecule has 0 radical (unpaired) electrons. The Morgan fingerprint density at radius 2 is 1.89 bits per heavy atom. The van der Waals surface area contributed by atoms with Crippen molar-refractivity contribution in [1.82, 2.24) is 14.9 Å². The van der Waals surface area contributed by atoms with Crippen molar-refractivity contribution in [2.75, 3.05) is 31.1 Å². The summed E-state index contributed by atoms with van der Waals surface area (Å²) in [6, 6.07) is 0. The lowest BCUT2D eigenvalue weighted by atomic mass is 10.3. The first-order valence-electron chi connectivity index (χ1n) is 5.69. The standard InChI is InChI=1S/C11H14ClFN4O/c1-7-14-10(12)9(13)11(15-7)17-5-3-16(4-6-17)8(2)18/h3-6H2,1-2H3. The van der Waals surface area contributed by atoms with Crippen LogP contribution < -0.4 is 4.90 Å². The molecule has 0 aromatic carbocycles. The fourth-order valence-corrected chi connectivity index (χ4v) is 2.16. The Labute approximate surface area is 110 Å². The first kappa shape index (κ1) is 13.0. The molecular weight excluding hydrogens is 259 g/mol. The van der Waals surface area contributed by atoms with Gasteiger partial charge in [0.1, 0.15) is 5.82 Å². The molecule has 1 saturated heterocycles. The summed E-state index contributed by atoms with van der Waals surface area (Å²) in [5.41, 5.74) is 0. The highest BCUT2D eigenvalue weighted by Crippen LogP contribution is 2.23. The minimum Gasteiger partial charge on any atom is -0.350 e. The van der Waals surface area contributed by atoms with Crippen LogP contribution in [-0.2, 0) is 4.79 Å². The third kappa shape index (κ3) is 2.53. The molecule has 7 heteroatoms. The Hall–Kier alpha value is -1.43. The molecule has 98 valence electrons. The van der Waals surface area contributed by atoms with E-state index in [9.17, 15) is 9.18 Å². The van der Waals surface area contributed by atoms with E-state index in [-0.39, 0.29) is 16.9 Å². The topological polar surface area (TPSA) is 49.3 Å². The van der Waals surface area contributed by atoms with Crippen molar-refractivity contribution in [3.8, 4) is 0 Å². The Morgan fingerprint density at radius 3 is 2.44 bits per heavy atom. The van der Waals surface area contributed by atoms with Gasteiger partial charge in [-0.2, -0.15) is 4.39 Å². The molecule has 0 aliphatic carbocycles. The molecule has 1 amide bonds. The molecule has 2 heterocycles. The number of rotatable bonds is 1. The molecule has 2 rings (SSSR count). The van der Waals surface area contributed by atoms with E-state index in [4.69, 9.17) is 11.6 Å². The van der Waals surface area contributed by atoms with E-state index in [2.05, 4.69) is 9.97 Å². The van der Waals surface area contributed by atoms with E-state index in [0.29, 0.717) is 32.0 Å². The van der Waals surface area contributed by atoms with Gasteiger partial charge in [-0.3, -0.25) is 4.79 Å². The van der Waals surface area contributed by atoms with Gasteiger partial charge in [-0.1, -0.05) is 11.6 Å². The molecule has 1 aromatic rings. The number of anilines is 1. The van der Waals surface area contributed by atoms with Gasteiger partial charge >= 0.3 is 0 Å². The maximum Gasteiger partial charge on any atom is 0.219 e. The summed E-state index contributed by atoms with van der Waals surface area (Å²) in [6.45, 7) is 5.42. The summed E-state index contributed by atoms with van der Waals surface area (Å²) >= 11 is 5.70. The summed E-state index contributed by atoms with van der Waals surface area (Å²) in [5.74, 6) is 0.0895. The van der Waals surface area contributed by atoms with Crippen molar-refractivity contribution in [2.45, 2.75) is 13.8 Å². The Balaban J connectivity index is 2.17. The monoisotopic (exact) mass is 272 g/mol. The number of piperazine rings is 1. The number of hydrogen-bond donors (Lipinski definition) is 0. The van der Waals surface area contributed by atoms with Gasteiger partial charge in [0.2, 0.25) is 11.7 Å². The Morgan fingerprint density at radius 1 is 1.28 bits per heavy atom. The number of carbonyl (C=O) groups is 1. The van der Waals surface area contributed by atoms with E-state index in [1.807, 2.05) is 0 Å². The lowest BCUT2D eigenvalue weighted by Gasteiger charge is -2.35. The second kappa shape index (κ2) is 5.06. The molecule has 0 saturated carbocycles. The number of aryl methyl sites for hydroxylation is 1. The third-order valence-corrected chi connectivity index (χ3v) is 3.18. The molecule has 1 aromatic heterocycles. The predicted molar refractivity (Wildman–Crippen MR) is 66.2 cm³/mol. The van der Waals surface area contributed by atoms with Crippen LogP contribution in [0, 0.1) is 12.7 Å². The van der Waals surface area contributed by atoms with Gasteiger partial charge < -0.3 is 9.80 Å². The molecular formula is C11H14ClFN4O. The van der Waals surface area contributed by atoms with Gasteiger partial charge in [-0.25, -0.2) is 9.97 Å². The van der Waals surface area contributed by atoms with E-state index in [1.165, 1.54) is 6.92 Å². The summed E-state index contributed by atoms with van der Waals surface area (Å²) < 4.78 is 13.8. The van der Waals surface area contributed by atoms with Crippen LogP contribution in [0.2, 0.25) is 5.15 Å². The van der Waals surface area contributed by atoms with Gasteiger partial charge in [0.15, 0.2) is 11.0 Å². The number of nitrogens with zero attached hydrogens (tertiary/aromatic N) is 4. The van der Waals surface area contributed by atoms with Gasteiger partial charge in [-0.15, -0.1) is 0 Å². The van der Waals surface area contributed by atoms with Crippen LogP contribution in [0.25, 0.3) is 0 Å². The Bertz CT molecular complexity index is 474. The molecule has 0 spiro atoms. The number of halogens is 2. The smallest absolute Gasteiger partial charge is 0.219 e. The molecule has 0 N–H and O–H groups in total. The van der Waals surface area contributed by atoms with Crippen molar-refractivity contribution < 1.29 is 9.18 Å². The molecule has 0 unspecified atom stereocenters. The lowest BCUT2D eigenvalue weighted by molar-refractivity contribution is -0.129. The number of aromatic nitrogens is 2. The summed E-state index contributed by atoms with van der Waals surface area (Å²) in [6.07, 6.45) is 0. The highest BCUT2D eigenvalue weighted by atomic mass is 35.5. The van der Waals surface area contributed by atoms with Crippen LogP contribution in [0.15, 0.2) is 0 Å². The van der Waals surface area contributed by atoms with Crippen LogP contribution in [0.5, 0.6) is 0 Å². The van der Waals surface area contributed by atoms with Crippen molar-refractivity contribution in [3.63, 3.8) is 0 Å². The second-order valence-corrected chi connectivity index (χ2v) is 4.55. The summed E-state index contributed by atoms with van der Waals surface area (Å²) in [7, 11) is 0. The largest absolute Gasteiger partial charge is 0.350 e. The first-order chi connectivity index (χ1) is 8.49. The van der Waals surface area contributed by atoms with Gasteiger partial charge in [-0.05, 0) is 6.92 Å². The zero-order valence-electron chi connectivity index (χ0n) is 10.3. The minimum atomic E-state index is -0.599. The predicted octanol–water partition coefficient (Wildman–Crippen LogP) is 1.25. The SMILES string of the molecule is CC(=O)N1CCN(c2nc(C)nc(Cl)c2F)CC1. The molecule has 5 nitrogen and oxygen atoms in total. The maximum atomic E-state index is 13.8. The second-order valence-electron chi connectivity index (χ2n) is 4.19. The molecule has 0 bridgehead atoms. The van der Waals surface area contributed by atoms with Crippen LogP contribution in [0.1, 0.15) is 12.7 Å². The zero-order chi connectivity index (χ0) is 13.3. The van der Waals surface area contributed by atoms with Crippen molar-refractivity contribution in [3.05, 3.63) is 16.8 Å². The van der Waals surface area contributed by atoms with Crippen LogP contribution in [-0.4, -0.2) is 47.0 Å². The van der Waals surface area contributed by atoms with Crippen molar-refractivity contribution in [1.29, 1.82) is 0 Å². The van der Waals surface area contributed by atoms with Gasteiger partial charge in [0.25, 0.3) is 0 Å².